The van der Waals surface area contributed by atoms with Gasteiger partial charge in [0.1, 0.15) is 0 Å². The van der Waals surface area contributed by atoms with Gasteiger partial charge in [0, 0.05) is 24.2 Å². The molecule has 1 aromatic rings. The van der Waals surface area contributed by atoms with Crippen LogP contribution in [0.5, 0.6) is 0 Å². The van der Waals surface area contributed by atoms with E-state index in [0.29, 0.717) is 5.92 Å². The fourth-order valence-electron chi connectivity index (χ4n) is 1.46. The standard InChI is InChI=1S/C12H15N/c1-3-7-11(8-4-2)12-9-5-6-10-13-12/h1,5-6,9-11H,4,7-8H2,2H3. The summed E-state index contributed by atoms with van der Waals surface area (Å²) in [5, 5.41) is 0. The van der Waals surface area contributed by atoms with Gasteiger partial charge in [-0.15, -0.1) is 12.3 Å². The van der Waals surface area contributed by atoms with Crippen LogP contribution >= 0.6 is 0 Å². The van der Waals surface area contributed by atoms with E-state index in [4.69, 9.17) is 6.42 Å². The van der Waals surface area contributed by atoms with E-state index in [1.54, 1.807) is 0 Å². The van der Waals surface area contributed by atoms with Crippen LogP contribution in [0.4, 0.5) is 0 Å². The van der Waals surface area contributed by atoms with Crippen molar-refractivity contribution >= 4 is 0 Å². The molecule has 1 rings (SSSR count). The number of rotatable bonds is 4. The van der Waals surface area contributed by atoms with E-state index in [1.807, 2.05) is 18.3 Å². The van der Waals surface area contributed by atoms with Crippen molar-refractivity contribution in [3.63, 3.8) is 0 Å². The summed E-state index contributed by atoms with van der Waals surface area (Å²) in [6, 6.07) is 6.00. The molecule has 1 atom stereocenters. The van der Waals surface area contributed by atoms with E-state index in [-0.39, 0.29) is 0 Å². The molecule has 1 aromatic heterocycles. The molecule has 0 fully saturated rings. The maximum Gasteiger partial charge on any atom is 0.0444 e. The van der Waals surface area contributed by atoms with Gasteiger partial charge in [0.05, 0.1) is 0 Å². The minimum atomic E-state index is 0.441. The van der Waals surface area contributed by atoms with Crippen LogP contribution in [0.15, 0.2) is 24.4 Å². The van der Waals surface area contributed by atoms with E-state index < -0.39 is 0 Å². The Morgan fingerprint density at radius 3 is 2.92 bits per heavy atom. The van der Waals surface area contributed by atoms with Crippen LogP contribution in [0.1, 0.15) is 37.8 Å². The van der Waals surface area contributed by atoms with Gasteiger partial charge in [-0.2, -0.15) is 0 Å². The Morgan fingerprint density at radius 2 is 2.38 bits per heavy atom. The molecule has 0 aliphatic rings. The Bertz CT molecular complexity index is 271. The van der Waals surface area contributed by atoms with Crippen molar-refractivity contribution in [1.29, 1.82) is 0 Å². The Hall–Kier alpha value is -1.29. The monoisotopic (exact) mass is 173 g/mol. The summed E-state index contributed by atoms with van der Waals surface area (Å²) in [6.45, 7) is 2.17. The summed E-state index contributed by atoms with van der Waals surface area (Å²) in [6.07, 6.45) is 10.2. The molecule has 0 aliphatic heterocycles. The first-order chi connectivity index (χ1) is 6.38. The molecule has 0 saturated carbocycles. The zero-order valence-electron chi connectivity index (χ0n) is 8.03. The van der Waals surface area contributed by atoms with Crippen LogP contribution in [0.3, 0.4) is 0 Å². The second-order valence-corrected chi connectivity index (χ2v) is 3.15. The maximum atomic E-state index is 5.32. The fourth-order valence-corrected chi connectivity index (χ4v) is 1.46. The molecule has 0 saturated heterocycles. The lowest BCUT2D eigenvalue weighted by molar-refractivity contribution is 0.612. The Balaban J connectivity index is 2.71. The quantitative estimate of drug-likeness (QED) is 0.638. The third kappa shape index (κ3) is 2.91. The minimum Gasteiger partial charge on any atom is -0.261 e. The van der Waals surface area contributed by atoms with Crippen LogP contribution in [0.2, 0.25) is 0 Å². The van der Waals surface area contributed by atoms with Crippen molar-refractivity contribution in [2.45, 2.75) is 32.1 Å². The number of hydrogen-bond acceptors (Lipinski definition) is 1. The van der Waals surface area contributed by atoms with Gasteiger partial charge in [-0.1, -0.05) is 19.4 Å². The Labute approximate surface area is 80.2 Å². The SMILES string of the molecule is C#CCC(CCC)c1ccccn1. The highest BCUT2D eigenvalue weighted by Crippen LogP contribution is 2.21. The van der Waals surface area contributed by atoms with E-state index in [2.05, 4.69) is 23.9 Å². The molecular weight excluding hydrogens is 158 g/mol. The molecule has 13 heavy (non-hydrogen) atoms. The molecule has 1 heteroatoms. The minimum absolute atomic E-state index is 0.441. The zero-order valence-corrected chi connectivity index (χ0v) is 8.03. The number of pyridine rings is 1. The first kappa shape index (κ1) is 9.80. The Morgan fingerprint density at radius 1 is 1.54 bits per heavy atom. The van der Waals surface area contributed by atoms with E-state index in [0.717, 1.165) is 25.0 Å². The molecule has 0 aromatic carbocycles. The van der Waals surface area contributed by atoms with Gasteiger partial charge in [-0.25, -0.2) is 0 Å². The van der Waals surface area contributed by atoms with Gasteiger partial charge >= 0.3 is 0 Å². The number of aromatic nitrogens is 1. The van der Waals surface area contributed by atoms with Crippen molar-refractivity contribution in [3.8, 4) is 12.3 Å². The van der Waals surface area contributed by atoms with E-state index >= 15 is 0 Å². The highest BCUT2D eigenvalue weighted by molar-refractivity contribution is 5.11. The van der Waals surface area contributed by atoms with Crippen LogP contribution in [-0.4, -0.2) is 4.98 Å². The molecule has 0 aliphatic carbocycles. The average Bonchev–Trinajstić information content (AvgIpc) is 2.19. The van der Waals surface area contributed by atoms with E-state index in [1.165, 1.54) is 0 Å². The van der Waals surface area contributed by atoms with Crippen molar-refractivity contribution in [3.05, 3.63) is 30.1 Å². The molecule has 1 unspecified atom stereocenters. The van der Waals surface area contributed by atoms with Crippen LogP contribution in [-0.2, 0) is 0 Å². The predicted octanol–water partition coefficient (Wildman–Crippen LogP) is 2.99. The molecule has 0 amide bonds. The molecule has 0 spiro atoms. The van der Waals surface area contributed by atoms with Crippen LogP contribution in [0, 0.1) is 12.3 Å². The Kier molecular flexibility index (Phi) is 4.05. The number of terminal acetylenes is 1. The van der Waals surface area contributed by atoms with Crippen molar-refractivity contribution in [1.82, 2.24) is 4.98 Å². The third-order valence-corrected chi connectivity index (χ3v) is 2.11. The lowest BCUT2D eigenvalue weighted by Gasteiger charge is -2.11. The zero-order chi connectivity index (χ0) is 9.52. The first-order valence-corrected chi connectivity index (χ1v) is 4.72. The number of nitrogens with zero attached hydrogens (tertiary/aromatic N) is 1. The van der Waals surface area contributed by atoms with Crippen molar-refractivity contribution < 1.29 is 0 Å². The van der Waals surface area contributed by atoms with Crippen molar-refractivity contribution in [2.24, 2.45) is 0 Å². The lowest BCUT2D eigenvalue weighted by Crippen LogP contribution is -1.99. The maximum absolute atomic E-state index is 5.32. The van der Waals surface area contributed by atoms with Gasteiger partial charge < -0.3 is 0 Å². The predicted molar refractivity (Wildman–Crippen MR) is 55.3 cm³/mol. The van der Waals surface area contributed by atoms with Crippen LogP contribution in [0.25, 0.3) is 0 Å². The second kappa shape index (κ2) is 5.37. The molecule has 0 radical (unpaired) electrons. The molecule has 0 N–H and O–H groups in total. The molecule has 0 bridgehead atoms. The van der Waals surface area contributed by atoms with Gasteiger partial charge in [-0.3, -0.25) is 4.98 Å². The summed E-state index contributed by atoms with van der Waals surface area (Å²) in [7, 11) is 0. The fraction of sp³-hybridized carbons (Fsp3) is 0.417. The van der Waals surface area contributed by atoms with Gasteiger partial charge in [0.25, 0.3) is 0 Å². The van der Waals surface area contributed by atoms with E-state index in [9.17, 15) is 0 Å². The topological polar surface area (TPSA) is 12.9 Å². The summed E-state index contributed by atoms with van der Waals surface area (Å²) in [5.41, 5.74) is 1.13. The highest BCUT2D eigenvalue weighted by Gasteiger charge is 2.09. The number of hydrogen-bond donors (Lipinski definition) is 0. The first-order valence-electron chi connectivity index (χ1n) is 4.72. The normalized spacial score (nSPS) is 12.0. The summed E-state index contributed by atoms with van der Waals surface area (Å²) in [5.74, 6) is 3.15. The second-order valence-electron chi connectivity index (χ2n) is 3.15. The van der Waals surface area contributed by atoms with Crippen LogP contribution < -0.4 is 0 Å². The highest BCUT2D eigenvalue weighted by atomic mass is 14.7. The molecule has 68 valence electrons. The average molecular weight is 173 g/mol. The summed E-state index contributed by atoms with van der Waals surface area (Å²) in [4.78, 5) is 4.32. The largest absolute Gasteiger partial charge is 0.261 e. The summed E-state index contributed by atoms with van der Waals surface area (Å²) < 4.78 is 0. The summed E-state index contributed by atoms with van der Waals surface area (Å²) >= 11 is 0. The van der Waals surface area contributed by atoms with Gasteiger partial charge in [-0.05, 0) is 18.6 Å². The molecular formula is C12H15N. The van der Waals surface area contributed by atoms with Gasteiger partial charge in [0.15, 0.2) is 0 Å². The molecule has 1 heterocycles. The smallest absolute Gasteiger partial charge is 0.0444 e. The third-order valence-electron chi connectivity index (χ3n) is 2.11. The van der Waals surface area contributed by atoms with Crippen molar-refractivity contribution in [2.75, 3.05) is 0 Å². The van der Waals surface area contributed by atoms with Gasteiger partial charge in [0.2, 0.25) is 0 Å². The molecule has 1 nitrogen and oxygen atoms in total. The lowest BCUT2D eigenvalue weighted by atomic mass is 9.96.